The van der Waals surface area contributed by atoms with E-state index in [0.29, 0.717) is 128 Å². The number of likely N-dealkylation sites (N-methyl/N-ethyl adjacent to an activating group) is 1. The van der Waals surface area contributed by atoms with Crippen molar-refractivity contribution in [3.8, 4) is 172 Å². The molecule has 1 aromatic heterocycles. The van der Waals surface area contributed by atoms with Crippen molar-refractivity contribution < 1.29 is 232 Å². The van der Waals surface area contributed by atoms with E-state index in [1.165, 1.54) is 0 Å². The smallest absolute Gasteiger partial charge is 0.343 e. The fraction of sp³-hybridized carbons (Fsp3) is 0.120. The lowest BCUT2D eigenvalue weighted by atomic mass is 9.97. The number of phenolic OH excluding ortho intramolecular Hbond substituents is 25. The zero-order valence-corrected chi connectivity index (χ0v) is 72.4. The Hall–Kier alpha value is -19.6. The predicted octanol–water partition coefficient (Wildman–Crippen LogP) is 8.24. The van der Waals surface area contributed by atoms with Gasteiger partial charge in [0.25, 0.3) is 0 Å². The highest BCUT2D eigenvalue weighted by Gasteiger charge is 2.55. The average Bonchev–Trinajstić information content (AvgIpc) is 0.762. The summed E-state index contributed by atoms with van der Waals surface area (Å²) in [5.41, 5.74) is -7.92. The summed E-state index contributed by atoms with van der Waals surface area (Å²) in [7, 11) is 4.06. The Morgan fingerprint density at radius 2 is 0.563 bits per heavy atom. The first-order valence-electron chi connectivity index (χ1n) is 39.8. The Morgan fingerprint density at radius 3 is 0.838 bits per heavy atom. The van der Waals surface area contributed by atoms with Crippen LogP contribution in [0.1, 0.15) is 121 Å². The van der Waals surface area contributed by atoms with Crippen molar-refractivity contribution in [3.05, 3.63) is 242 Å². The molecule has 50 heteroatoms. The van der Waals surface area contributed by atoms with Crippen LogP contribution in [0.25, 0.3) is 0 Å². The topological polar surface area (TPSA) is 803 Å². The summed E-state index contributed by atoms with van der Waals surface area (Å²) in [6.07, 6.45) is -13.4. The van der Waals surface area contributed by atoms with Crippen molar-refractivity contribution in [2.75, 3.05) is 33.9 Å². The highest BCUT2D eigenvalue weighted by molar-refractivity contribution is 6.30. The number of carbonyl (C=O) groups excluding carboxylic acids is 10. The molecule has 738 valence electrons. The van der Waals surface area contributed by atoms with Crippen molar-refractivity contribution in [1.29, 1.82) is 0 Å². The lowest BCUT2D eigenvalue weighted by molar-refractivity contribution is -0.282. The molecule has 0 aliphatic carbocycles. The summed E-state index contributed by atoms with van der Waals surface area (Å²) in [6, 6.07) is 22.1. The number of pyridine rings is 1. The second-order valence-corrected chi connectivity index (χ2v) is 30.4. The molecule has 0 saturated carbocycles. The number of aromatic nitrogens is 1. The second-order valence-electron chi connectivity index (χ2n) is 30.0. The maximum atomic E-state index is 15.3. The van der Waals surface area contributed by atoms with E-state index in [4.69, 9.17) is 68.4 Å². The van der Waals surface area contributed by atoms with E-state index in [1.54, 1.807) is 6.20 Å². The zero-order valence-electron chi connectivity index (χ0n) is 71.7. The average molecular weight is 1990 g/mol. The molecular weight excluding hydrogens is 1920 g/mol. The number of benzene rings is 11. The number of rotatable bonds is 27. The first kappa shape index (κ1) is 101. The van der Waals surface area contributed by atoms with Gasteiger partial charge in [0.15, 0.2) is 156 Å². The molecule has 0 amide bonds. The van der Waals surface area contributed by atoms with Crippen LogP contribution in [0.15, 0.2) is 170 Å². The van der Waals surface area contributed by atoms with Gasteiger partial charge in [-0.1, -0.05) is 29.8 Å². The fourth-order valence-electron chi connectivity index (χ4n) is 12.7. The Kier molecular flexibility index (Phi) is 30.1. The van der Waals surface area contributed by atoms with Gasteiger partial charge in [0.1, 0.15) is 18.8 Å². The molecule has 13 rings (SSSR count). The van der Waals surface area contributed by atoms with Gasteiger partial charge in [-0.3, -0.25) is 4.98 Å². The summed E-state index contributed by atoms with van der Waals surface area (Å²) in [4.78, 5) is 149. The monoisotopic (exact) mass is 1990 g/mol. The van der Waals surface area contributed by atoms with Crippen molar-refractivity contribution >= 4 is 71.3 Å². The maximum Gasteiger partial charge on any atom is 0.343 e. The molecule has 49 nitrogen and oxygen atoms in total. The minimum Gasteiger partial charge on any atom is -0.504 e. The number of ether oxygens (including phenoxy) is 12. The minimum absolute atomic E-state index is 0.159. The zero-order chi connectivity index (χ0) is 104. The van der Waals surface area contributed by atoms with E-state index in [2.05, 4.69) is 9.88 Å². The molecule has 25 N–H and O–H groups in total. The van der Waals surface area contributed by atoms with Gasteiger partial charge in [0.05, 0.1) is 67.9 Å². The molecule has 6 atom stereocenters. The third kappa shape index (κ3) is 23.0. The third-order valence-electron chi connectivity index (χ3n) is 19.9. The van der Waals surface area contributed by atoms with Gasteiger partial charge in [-0.05, 0) is 165 Å². The van der Waals surface area contributed by atoms with Gasteiger partial charge in [0.2, 0.25) is 41.1 Å². The van der Waals surface area contributed by atoms with Gasteiger partial charge < -0.3 is 189 Å². The molecule has 2 heterocycles. The lowest BCUT2D eigenvalue weighted by Crippen LogP contribution is -2.63. The summed E-state index contributed by atoms with van der Waals surface area (Å²) >= 11 is 5.95. The van der Waals surface area contributed by atoms with E-state index in [1.807, 2.05) is 56.6 Å². The summed E-state index contributed by atoms with van der Waals surface area (Å²) < 4.78 is 66.4. The standard InChI is InChI=1S/C76H52O46.C16H19ClN2O/c77-32-1-22(2-33(78)53(32)92)67(103)113-47-16-27(11-42(87)58(47)97)66(102)112-21-52-63(119-72(108)28-12-43(88)59(98)48(17-28)114-68(104)23-3-34(79)54(93)35(80)4-23)64(120-73(109)29-13-44(89)60(99)49(18-29)115-69(105)24-5-36(81)55(94)37(82)6-24)65(121-74(110)30-14-45(90)61(100)50(19-30)116-70(106)25-7-38(83)56(95)39(84)8-25)76(118-52)122-75(111)31-15-46(91)62(101)51(20-31)117-71(107)26-9-40(85)57(96)41(86)10-26;1-19(2)11-12-20-16(15-5-3-4-10-18-15)13-6-8-14(17)9-7-13/h1-20,52,63-65,76-101H,21H2;3-10,16H,11-12H2,1-2H3/t52-,63-,64+,65-,76+;/m1./s1. The third-order valence-corrected chi connectivity index (χ3v) is 20.1. The van der Waals surface area contributed by atoms with Crippen LogP contribution in [0, 0.1) is 0 Å². The van der Waals surface area contributed by atoms with E-state index in [0.717, 1.165) is 22.8 Å². The van der Waals surface area contributed by atoms with E-state index < -0.39 is 325 Å². The molecular formula is C92H71ClN2O47. The molecule has 12 aromatic rings. The van der Waals surface area contributed by atoms with Crippen LogP contribution < -0.4 is 23.7 Å². The van der Waals surface area contributed by atoms with Crippen LogP contribution in [0.4, 0.5) is 0 Å². The fourth-order valence-corrected chi connectivity index (χ4v) is 12.8. The van der Waals surface area contributed by atoms with Gasteiger partial charge >= 0.3 is 59.7 Å². The van der Waals surface area contributed by atoms with Gasteiger partial charge in [-0.15, -0.1) is 0 Å². The molecule has 0 bridgehead atoms. The van der Waals surface area contributed by atoms with Crippen molar-refractivity contribution in [2.45, 2.75) is 36.8 Å². The molecule has 142 heavy (non-hydrogen) atoms. The highest BCUT2D eigenvalue weighted by Crippen LogP contribution is 2.48. The largest absolute Gasteiger partial charge is 0.504 e. The number of hydrogen-bond acceptors (Lipinski definition) is 49. The maximum absolute atomic E-state index is 15.3. The lowest BCUT2D eigenvalue weighted by Gasteiger charge is -2.43. The summed E-state index contributed by atoms with van der Waals surface area (Å²) in [5.74, 6) is -56.0. The number of halogens is 1. The molecule has 1 fully saturated rings. The first-order valence-corrected chi connectivity index (χ1v) is 40.2. The molecule has 1 unspecified atom stereocenters. The molecule has 11 aromatic carbocycles. The normalized spacial score (nSPS) is 14.4. The number of phenols is 25. The number of hydrogen-bond donors (Lipinski definition) is 25. The Bertz CT molecular complexity index is 6930. The molecule has 1 aliphatic rings. The first-order chi connectivity index (χ1) is 67.0. The van der Waals surface area contributed by atoms with Crippen LogP contribution in [-0.2, 0) is 33.2 Å². The Morgan fingerprint density at radius 1 is 0.310 bits per heavy atom. The Labute approximate surface area is 795 Å². The predicted molar refractivity (Wildman–Crippen MR) is 465 cm³/mol. The van der Waals surface area contributed by atoms with Crippen LogP contribution in [0.3, 0.4) is 0 Å². The van der Waals surface area contributed by atoms with Crippen molar-refractivity contribution in [1.82, 2.24) is 9.88 Å². The summed E-state index contributed by atoms with van der Waals surface area (Å²) in [5, 5.41) is 262. The SMILES string of the molecule is CN(C)CCOC(c1ccc(Cl)cc1)c1ccccn1.O=C(OC[C@H]1O[C@@H](OC(=O)c2cc(O)c(O)c(OC(=O)c3cc(O)c(O)c(O)c3)c2)[C@H](OC(=O)c2cc(O)c(O)c(OC(=O)c3cc(O)c(O)c(O)c3)c2)[C@@H](OC(=O)c2cc(O)c(O)c(OC(=O)c3cc(O)c(O)c(O)c3)c2)[C@@H]1OC(=O)c1cc(O)c(O)c(OC(=O)c2cc(O)c(O)c(O)c2)c1)c1cc(O)c(O)c(OC(=O)c2cc(O)c(O)c(O)c2)c1. The number of carbonyl (C=O) groups is 10. The van der Waals surface area contributed by atoms with Gasteiger partial charge in [-0.25, -0.2) is 47.9 Å². The van der Waals surface area contributed by atoms with Crippen LogP contribution in [-0.4, -0.2) is 262 Å². The molecule has 0 radical (unpaired) electrons. The van der Waals surface area contributed by atoms with E-state index in [-0.39, 0.29) is 6.10 Å². The number of nitrogens with zero attached hydrogens (tertiary/aromatic N) is 2. The minimum atomic E-state index is -3.12. The van der Waals surface area contributed by atoms with Gasteiger partial charge in [0, 0.05) is 17.8 Å². The van der Waals surface area contributed by atoms with E-state index in [9.17, 15) is 161 Å². The quantitative estimate of drug-likeness (QED) is 0.00996. The highest BCUT2D eigenvalue weighted by atomic mass is 35.5. The number of esters is 10. The van der Waals surface area contributed by atoms with E-state index >= 15 is 14.4 Å². The summed E-state index contributed by atoms with van der Waals surface area (Å²) in [6.45, 7) is -0.186. The van der Waals surface area contributed by atoms with Crippen LogP contribution >= 0.6 is 11.6 Å². The van der Waals surface area contributed by atoms with Crippen LogP contribution in [0.2, 0.25) is 5.02 Å². The van der Waals surface area contributed by atoms with Gasteiger partial charge in [-0.2, -0.15) is 0 Å². The molecule has 1 aliphatic heterocycles. The Balaban J connectivity index is 0.000000797. The van der Waals surface area contributed by atoms with Crippen LogP contribution in [0.5, 0.6) is 172 Å². The second kappa shape index (κ2) is 42.1. The van der Waals surface area contributed by atoms with Crippen molar-refractivity contribution in [2.24, 2.45) is 0 Å². The number of aromatic hydroxyl groups is 25. The molecule has 1 saturated heterocycles. The molecule has 0 spiro atoms. The van der Waals surface area contributed by atoms with Crippen molar-refractivity contribution in [3.63, 3.8) is 0 Å².